The van der Waals surface area contributed by atoms with Crippen molar-refractivity contribution in [1.82, 2.24) is 9.78 Å². The van der Waals surface area contributed by atoms with E-state index in [9.17, 15) is 17.6 Å². The number of benzene rings is 2. The largest absolute Gasteiger partial charge is 0.494 e. The summed E-state index contributed by atoms with van der Waals surface area (Å²) in [6.45, 7) is -0.243. The van der Waals surface area contributed by atoms with Gasteiger partial charge in [-0.05, 0) is 42.0 Å². The molecular weight excluding hydrogens is 415 g/mol. The molecule has 0 atom stereocenters. The molecule has 3 aromatic rings. The van der Waals surface area contributed by atoms with Crippen LogP contribution in [0.5, 0.6) is 11.5 Å². The molecule has 0 radical (unpaired) electrons. The molecule has 30 heavy (non-hydrogen) atoms. The molecule has 9 nitrogen and oxygen atoms in total. The van der Waals surface area contributed by atoms with E-state index < -0.39 is 21.8 Å². The maximum Gasteiger partial charge on any atom is 0.362 e. The molecule has 2 aromatic carbocycles. The number of nitrogens with zero attached hydrogens (tertiary/aromatic N) is 3. The normalized spacial score (nSPS) is 11.0. The molecule has 0 aliphatic carbocycles. The van der Waals surface area contributed by atoms with Crippen LogP contribution in [-0.4, -0.2) is 31.3 Å². The molecule has 0 amide bonds. The highest BCUT2D eigenvalue weighted by Crippen LogP contribution is 2.29. The minimum Gasteiger partial charge on any atom is -0.494 e. The van der Waals surface area contributed by atoms with Crippen LogP contribution in [0.3, 0.4) is 0 Å². The van der Waals surface area contributed by atoms with Gasteiger partial charge in [0.2, 0.25) is 10.0 Å². The van der Waals surface area contributed by atoms with E-state index in [-0.39, 0.29) is 34.2 Å². The lowest BCUT2D eigenvalue weighted by atomic mass is 10.1. The van der Waals surface area contributed by atoms with E-state index >= 15 is 0 Å². The van der Waals surface area contributed by atoms with Crippen molar-refractivity contribution in [3.63, 3.8) is 0 Å². The predicted octanol–water partition coefficient (Wildman–Crippen LogP) is 2.09. The molecule has 0 spiro atoms. The average Bonchev–Trinajstić information content (AvgIpc) is 3.12. The van der Waals surface area contributed by atoms with Crippen molar-refractivity contribution < 1.29 is 27.1 Å². The highest BCUT2D eigenvalue weighted by molar-refractivity contribution is 7.89. The number of sulfonamides is 1. The third-order valence-corrected chi connectivity index (χ3v) is 5.01. The van der Waals surface area contributed by atoms with E-state index in [0.717, 1.165) is 4.68 Å². The highest BCUT2D eigenvalue weighted by atomic mass is 32.2. The van der Waals surface area contributed by atoms with Crippen LogP contribution in [0.15, 0.2) is 53.6 Å². The summed E-state index contributed by atoms with van der Waals surface area (Å²) in [6, 6.07) is 10.9. The summed E-state index contributed by atoms with van der Waals surface area (Å²) in [4.78, 5) is 12.7. The van der Waals surface area contributed by atoms with Crippen LogP contribution < -0.4 is 14.6 Å². The molecule has 0 saturated carbocycles. The fraction of sp³-hybridized carbons (Fsp3) is 0.105. The number of rotatable bonds is 6. The van der Waals surface area contributed by atoms with Crippen molar-refractivity contribution >= 4 is 16.0 Å². The fourth-order valence-electron chi connectivity index (χ4n) is 2.69. The summed E-state index contributed by atoms with van der Waals surface area (Å²) in [5.41, 5.74) is 0.503. The maximum absolute atomic E-state index is 14.1. The quantitative estimate of drug-likeness (QED) is 0.467. The van der Waals surface area contributed by atoms with Gasteiger partial charge >= 0.3 is 5.97 Å². The minimum absolute atomic E-state index is 0.0299. The van der Waals surface area contributed by atoms with Gasteiger partial charge in [-0.3, -0.25) is 0 Å². The Balaban J connectivity index is 1.98. The first kappa shape index (κ1) is 21.0. The van der Waals surface area contributed by atoms with Crippen molar-refractivity contribution in [2.75, 3.05) is 7.11 Å². The molecule has 1 aromatic heterocycles. The number of nitrogens with two attached hydrogens (primary N) is 1. The Bertz CT molecular complexity index is 1250. The van der Waals surface area contributed by atoms with Gasteiger partial charge in [-0.1, -0.05) is 6.07 Å². The zero-order chi connectivity index (χ0) is 21.9. The fourth-order valence-corrected chi connectivity index (χ4v) is 3.20. The first-order valence-electron chi connectivity index (χ1n) is 8.36. The number of hydrogen-bond donors (Lipinski definition) is 1. The first-order valence-corrected chi connectivity index (χ1v) is 9.91. The number of nitriles is 1. The van der Waals surface area contributed by atoms with Gasteiger partial charge in [0.1, 0.15) is 12.3 Å². The summed E-state index contributed by atoms with van der Waals surface area (Å²) in [6.07, 6.45) is 1.32. The number of aromatic nitrogens is 2. The molecule has 11 heteroatoms. The number of hydrogen-bond acceptors (Lipinski definition) is 7. The number of primary sulfonamides is 1. The van der Waals surface area contributed by atoms with E-state index in [0.29, 0.717) is 5.56 Å². The van der Waals surface area contributed by atoms with E-state index in [1.54, 1.807) is 0 Å². The maximum atomic E-state index is 14.1. The summed E-state index contributed by atoms with van der Waals surface area (Å²) < 4.78 is 48.1. The third kappa shape index (κ3) is 4.29. The Hall–Kier alpha value is -3.75. The molecule has 0 aliphatic rings. The van der Waals surface area contributed by atoms with Crippen molar-refractivity contribution in [2.45, 2.75) is 11.4 Å². The topological polar surface area (TPSA) is 137 Å². The van der Waals surface area contributed by atoms with Crippen molar-refractivity contribution in [3.8, 4) is 28.7 Å². The monoisotopic (exact) mass is 430 g/mol. The molecule has 0 aliphatic heterocycles. The summed E-state index contributed by atoms with van der Waals surface area (Å²) in [5, 5.41) is 18.1. The third-order valence-electron chi connectivity index (χ3n) is 4.08. The highest BCUT2D eigenvalue weighted by Gasteiger charge is 2.23. The Kier molecular flexibility index (Phi) is 5.81. The van der Waals surface area contributed by atoms with Gasteiger partial charge in [0.05, 0.1) is 24.3 Å². The molecule has 0 unspecified atom stereocenters. The Labute approximate surface area is 171 Å². The zero-order valence-corrected chi connectivity index (χ0v) is 16.4. The number of ether oxygens (including phenoxy) is 2. The van der Waals surface area contributed by atoms with Crippen molar-refractivity contribution in [1.29, 1.82) is 5.26 Å². The Morgan fingerprint density at radius 2 is 1.97 bits per heavy atom. The van der Waals surface area contributed by atoms with Crippen LogP contribution in [0.25, 0.3) is 11.1 Å². The zero-order valence-electron chi connectivity index (χ0n) is 15.6. The predicted molar refractivity (Wildman–Crippen MR) is 103 cm³/mol. The van der Waals surface area contributed by atoms with Gasteiger partial charge in [0, 0.05) is 5.56 Å². The van der Waals surface area contributed by atoms with Gasteiger partial charge in [-0.25, -0.2) is 27.4 Å². The van der Waals surface area contributed by atoms with Gasteiger partial charge in [-0.15, -0.1) is 0 Å². The molecular formula is C19H15FN4O5S. The summed E-state index contributed by atoms with van der Waals surface area (Å²) in [7, 11) is -2.57. The Morgan fingerprint density at radius 1 is 1.27 bits per heavy atom. The molecule has 3 rings (SSSR count). The van der Waals surface area contributed by atoms with Crippen LogP contribution in [0.2, 0.25) is 0 Å². The van der Waals surface area contributed by atoms with Crippen LogP contribution in [0.4, 0.5) is 4.39 Å². The van der Waals surface area contributed by atoms with Crippen LogP contribution in [0.1, 0.15) is 10.5 Å². The second-order valence-electron chi connectivity index (χ2n) is 5.98. The molecule has 0 saturated heterocycles. The smallest absolute Gasteiger partial charge is 0.362 e. The lowest BCUT2D eigenvalue weighted by Gasteiger charge is -2.09. The first-order chi connectivity index (χ1) is 14.2. The average molecular weight is 430 g/mol. The number of methoxy groups -OCH3 is 1. The van der Waals surface area contributed by atoms with Gasteiger partial charge in [-0.2, -0.15) is 10.4 Å². The van der Waals surface area contributed by atoms with E-state index in [4.69, 9.17) is 19.9 Å². The SMILES string of the molecule is COc1ccc(-c2cnn(CC#N)c2C(=O)Oc2ccc(S(N)(=O)=O)cc2)cc1F. The van der Waals surface area contributed by atoms with E-state index in [2.05, 4.69) is 5.10 Å². The molecule has 0 bridgehead atoms. The van der Waals surface area contributed by atoms with E-state index in [1.807, 2.05) is 6.07 Å². The lowest BCUT2D eigenvalue weighted by molar-refractivity contribution is 0.0723. The van der Waals surface area contributed by atoms with Gasteiger partial charge in [0.25, 0.3) is 0 Å². The van der Waals surface area contributed by atoms with Gasteiger partial charge in [0.15, 0.2) is 17.3 Å². The summed E-state index contributed by atoms with van der Waals surface area (Å²) >= 11 is 0. The van der Waals surface area contributed by atoms with Crippen molar-refractivity contribution in [2.24, 2.45) is 5.14 Å². The van der Waals surface area contributed by atoms with Crippen LogP contribution in [-0.2, 0) is 16.6 Å². The Morgan fingerprint density at radius 3 is 2.53 bits per heavy atom. The van der Waals surface area contributed by atoms with Crippen LogP contribution in [0, 0.1) is 17.1 Å². The number of halogens is 1. The number of esters is 1. The molecule has 2 N–H and O–H groups in total. The van der Waals surface area contributed by atoms with Gasteiger partial charge < -0.3 is 9.47 Å². The number of carbonyl (C=O) groups is 1. The lowest BCUT2D eigenvalue weighted by Crippen LogP contribution is -2.17. The van der Waals surface area contributed by atoms with Crippen molar-refractivity contribution in [3.05, 3.63) is 60.2 Å². The molecule has 154 valence electrons. The minimum atomic E-state index is -3.89. The number of carbonyl (C=O) groups excluding carboxylic acids is 1. The van der Waals surface area contributed by atoms with Crippen LogP contribution >= 0.6 is 0 Å². The standard InChI is InChI=1S/C19H15FN4O5S/c1-28-17-7-2-12(10-16(17)20)15-11-23-24(9-8-21)18(15)19(25)29-13-3-5-14(6-4-13)30(22,26)27/h2-7,10-11H,9H2,1H3,(H2,22,26,27). The summed E-state index contributed by atoms with van der Waals surface area (Å²) in [5.74, 6) is -1.43. The second-order valence-corrected chi connectivity index (χ2v) is 7.54. The van der Waals surface area contributed by atoms with E-state index in [1.165, 1.54) is 55.8 Å². The molecule has 1 heterocycles. The molecule has 0 fully saturated rings. The second kappa shape index (κ2) is 8.32.